The molecule has 186 valence electrons. The first-order chi connectivity index (χ1) is 16.8. The van der Waals surface area contributed by atoms with Crippen molar-refractivity contribution in [3.05, 3.63) is 70.9 Å². The molecule has 1 aromatic carbocycles. The molecule has 0 radical (unpaired) electrons. The van der Waals surface area contributed by atoms with E-state index in [-0.39, 0.29) is 15.7 Å². The highest BCUT2D eigenvalue weighted by atomic mass is 35.5. The number of pyridine rings is 2. The van der Waals surface area contributed by atoms with Crippen LogP contribution in [-0.2, 0) is 22.9 Å². The van der Waals surface area contributed by atoms with E-state index in [2.05, 4.69) is 26.1 Å². The quantitative estimate of drug-likeness (QED) is 0.386. The lowest BCUT2D eigenvalue weighted by Gasteiger charge is -2.27. The molecule has 35 heavy (non-hydrogen) atoms. The summed E-state index contributed by atoms with van der Waals surface area (Å²) in [5.74, 6) is 1.40. The van der Waals surface area contributed by atoms with Gasteiger partial charge in [0.2, 0.25) is 5.88 Å². The molecule has 0 atom stereocenters. The zero-order valence-corrected chi connectivity index (χ0v) is 21.1. The van der Waals surface area contributed by atoms with Crippen molar-refractivity contribution in [1.29, 1.82) is 0 Å². The number of nitrogens with two attached hydrogens (primary N) is 1. The topological polar surface area (TPSA) is 119 Å². The third-order valence-corrected chi connectivity index (χ3v) is 7.98. The van der Waals surface area contributed by atoms with Gasteiger partial charge in [0.25, 0.3) is 10.0 Å². The Morgan fingerprint density at radius 3 is 2.46 bits per heavy atom. The summed E-state index contributed by atoms with van der Waals surface area (Å²) in [6.07, 6.45) is 7.53. The minimum Gasteiger partial charge on any atom is -0.481 e. The maximum Gasteiger partial charge on any atom is 0.264 e. The van der Waals surface area contributed by atoms with Crippen molar-refractivity contribution in [3.63, 3.8) is 0 Å². The highest BCUT2D eigenvalue weighted by Crippen LogP contribution is 2.26. The SMILES string of the molecule is COc1nc(NS(=O)(=O)c2ccccc2Cl)ccc1CCc1ccc(NC2CCC(N)CC2)nc1. The van der Waals surface area contributed by atoms with Crippen molar-refractivity contribution in [3.8, 4) is 5.88 Å². The Hall–Kier alpha value is -2.88. The number of aryl methyl sites for hydroxylation is 2. The average Bonchev–Trinajstić information content (AvgIpc) is 2.85. The van der Waals surface area contributed by atoms with Crippen LogP contribution < -0.4 is 20.5 Å². The first-order valence-corrected chi connectivity index (χ1v) is 13.5. The number of nitrogens with zero attached hydrogens (tertiary/aromatic N) is 2. The molecule has 4 N–H and O–H groups in total. The maximum absolute atomic E-state index is 12.7. The van der Waals surface area contributed by atoms with Crippen LogP contribution in [-0.4, -0.2) is 37.6 Å². The molecule has 0 amide bonds. The van der Waals surface area contributed by atoms with E-state index in [9.17, 15) is 8.42 Å². The van der Waals surface area contributed by atoms with Gasteiger partial charge in [0.15, 0.2) is 0 Å². The van der Waals surface area contributed by atoms with Crippen LogP contribution in [0.2, 0.25) is 5.02 Å². The zero-order valence-electron chi connectivity index (χ0n) is 19.6. The van der Waals surface area contributed by atoms with E-state index < -0.39 is 10.0 Å². The molecule has 0 unspecified atom stereocenters. The van der Waals surface area contributed by atoms with Gasteiger partial charge in [0.1, 0.15) is 16.5 Å². The van der Waals surface area contributed by atoms with E-state index in [1.54, 1.807) is 18.2 Å². The normalized spacial score (nSPS) is 18.1. The Kier molecular flexibility index (Phi) is 8.10. The van der Waals surface area contributed by atoms with Gasteiger partial charge in [0.05, 0.1) is 12.1 Å². The van der Waals surface area contributed by atoms with E-state index in [0.717, 1.165) is 49.0 Å². The molecule has 8 nitrogen and oxygen atoms in total. The standard InChI is InChI=1S/C25H30ClN5O3S/c1-34-25-18(9-15-24(30-25)31-35(32,33)22-5-3-2-4-21(22)26)8-6-17-7-14-23(28-16-17)29-20-12-10-19(27)11-13-20/h2-5,7,9,14-16,19-20H,6,8,10-13,27H2,1H3,(H,28,29)(H,30,31). The highest BCUT2D eigenvalue weighted by molar-refractivity contribution is 7.92. The maximum atomic E-state index is 12.7. The first-order valence-electron chi connectivity index (χ1n) is 11.6. The van der Waals surface area contributed by atoms with Gasteiger partial charge in [-0.2, -0.15) is 4.98 Å². The molecule has 2 aromatic heterocycles. The number of aromatic nitrogens is 2. The number of sulfonamides is 1. The van der Waals surface area contributed by atoms with E-state index >= 15 is 0 Å². The van der Waals surface area contributed by atoms with Crippen LogP contribution in [0.4, 0.5) is 11.6 Å². The summed E-state index contributed by atoms with van der Waals surface area (Å²) in [4.78, 5) is 8.89. The fourth-order valence-electron chi connectivity index (χ4n) is 4.16. The van der Waals surface area contributed by atoms with Crippen LogP contribution in [0.25, 0.3) is 0 Å². The van der Waals surface area contributed by atoms with E-state index in [4.69, 9.17) is 22.1 Å². The summed E-state index contributed by atoms with van der Waals surface area (Å²) in [6, 6.07) is 14.5. The zero-order chi connectivity index (χ0) is 24.8. The molecule has 1 aliphatic carbocycles. The van der Waals surface area contributed by atoms with Gasteiger partial charge in [-0.3, -0.25) is 4.72 Å². The number of anilines is 2. The van der Waals surface area contributed by atoms with Crippen LogP contribution in [0.1, 0.15) is 36.8 Å². The van der Waals surface area contributed by atoms with E-state index in [0.29, 0.717) is 24.4 Å². The van der Waals surface area contributed by atoms with Gasteiger partial charge in [-0.25, -0.2) is 13.4 Å². The fraction of sp³-hybridized carbons (Fsp3) is 0.360. The summed E-state index contributed by atoms with van der Waals surface area (Å²) in [7, 11) is -2.36. The minimum absolute atomic E-state index is 0.0102. The second-order valence-corrected chi connectivity index (χ2v) is 10.8. The molecule has 0 bridgehead atoms. The summed E-state index contributed by atoms with van der Waals surface area (Å²) in [5, 5.41) is 3.64. The van der Waals surface area contributed by atoms with Crippen molar-refractivity contribution in [1.82, 2.24) is 9.97 Å². The lowest BCUT2D eigenvalue weighted by Crippen LogP contribution is -2.32. The van der Waals surface area contributed by atoms with Crippen molar-refractivity contribution >= 4 is 33.3 Å². The van der Waals surface area contributed by atoms with Gasteiger partial charge in [-0.15, -0.1) is 0 Å². The Bertz CT molecular complexity index is 1250. The number of rotatable bonds is 9. The monoisotopic (exact) mass is 515 g/mol. The van der Waals surface area contributed by atoms with Gasteiger partial charge < -0.3 is 15.8 Å². The molecule has 10 heteroatoms. The molecule has 4 rings (SSSR count). The van der Waals surface area contributed by atoms with Gasteiger partial charge >= 0.3 is 0 Å². The Balaban J connectivity index is 1.37. The molecular weight excluding hydrogens is 486 g/mol. The molecule has 0 aliphatic heterocycles. The number of hydrogen-bond donors (Lipinski definition) is 3. The summed E-state index contributed by atoms with van der Waals surface area (Å²) >= 11 is 6.04. The number of methoxy groups -OCH3 is 1. The molecule has 1 fully saturated rings. The molecule has 1 saturated carbocycles. The number of hydrogen-bond acceptors (Lipinski definition) is 7. The van der Waals surface area contributed by atoms with Crippen LogP contribution in [0.5, 0.6) is 5.88 Å². The Labute approximate surface area is 211 Å². The van der Waals surface area contributed by atoms with Crippen molar-refractivity contribution < 1.29 is 13.2 Å². The molecule has 1 aliphatic rings. The van der Waals surface area contributed by atoms with Crippen LogP contribution >= 0.6 is 11.6 Å². The lowest BCUT2D eigenvalue weighted by molar-refractivity contribution is 0.393. The first kappa shape index (κ1) is 25.2. The average molecular weight is 516 g/mol. The molecule has 3 aromatic rings. The van der Waals surface area contributed by atoms with E-state index in [1.165, 1.54) is 19.2 Å². The predicted molar refractivity (Wildman–Crippen MR) is 139 cm³/mol. The fourth-order valence-corrected chi connectivity index (χ4v) is 5.68. The third kappa shape index (κ3) is 6.62. The smallest absolute Gasteiger partial charge is 0.264 e. The second-order valence-electron chi connectivity index (χ2n) is 8.71. The molecule has 0 spiro atoms. The number of nitrogens with one attached hydrogen (secondary N) is 2. The largest absolute Gasteiger partial charge is 0.481 e. The van der Waals surface area contributed by atoms with Gasteiger partial charge in [-0.05, 0) is 74.4 Å². The van der Waals surface area contributed by atoms with Crippen molar-refractivity contribution in [2.75, 3.05) is 17.1 Å². The Morgan fingerprint density at radius 1 is 1.03 bits per heavy atom. The van der Waals surface area contributed by atoms with Crippen LogP contribution in [0, 0.1) is 0 Å². The number of benzene rings is 1. The van der Waals surface area contributed by atoms with Crippen LogP contribution in [0.15, 0.2) is 59.6 Å². The molecule has 0 saturated heterocycles. The second kappa shape index (κ2) is 11.2. The molecular formula is C25H30ClN5O3S. The predicted octanol–water partition coefficient (Wildman–Crippen LogP) is 4.41. The highest BCUT2D eigenvalue weighted by Gasteiger charge is 2.20. The summed E-state index contributed by atoms with van der Waals surface area (Å²) in [6.45, 7) is 0. The van der Waals surface area contributed by atoms with Crippen molar-refractivity contribution in [2.24, 2.45) is 5.73 Å². The van der Waals surface area contributed by atoms with Gasteiger partial charge in [-0.1, -0.05) is 29.8 Å². The van der Waals surface area contributed by atoms with E-state index in [1.807, 2.05) is 18.3 Å². The number of halogens is 1. The molecule has 2 heterocycles. The number of ether oxygens (including phenoxy) is 1. The third-order valence-electron chi connectivity index (χ3n) is 6.13. The van der Waals surface area contributed by atoms with Gasteiger partial charge in [0, 0.05) is 23.8 Å². The lowest BCUT2D eigenvalue weighted by atomic mass is 9.92. The summed E-state index contributed by atoms with van der Waals surface area (Å²) in [5.41, 5.74) is 7.94. The summed E-state index contributed by atoms with van der Waals surface area (Å²) < 4.78 is 33.3. The Morgan fingerprint density at radius 2 is 1.77 bits per heavy atom. The minimum atomic E-state index is -3.88. The van der Waals surface area contributed by atoms with Crippen LogP contribution in [0.3, 0.4) is 0 Å². The van der Waals surface area contributed by atoms with Crippen molar-refractivity contribution in [2.45, 2.75) is 55.5 Å².